The average Bonchev–Trinajstić information content (AvgIpc) is 2.59. The molecule has 1 aromatic carbocycles. The van der Waals surface area contributed by atoms with Crippen molar-refractivity contribution in [3.8, 4) is 11.4 Å². The Balaban J connectivity index is 2.53. The first-order valence-corrected chi connectivity index (χ1v) is 6.39. The van der Waals surface area contributed by atoms with Gasteiger partial charge in [-0.05, 0) is 28.1 Å². The quantitative estimate of drug-likeness (QED) is 0.945. The van der Waals surface area contributed by atoms with Gasteiger partial charge in [0.05, 0.1) is 10.7 Å². The first kappa shape index (κ1) is 12.6. The molecule has 0 spiro atoms. The summed E-state index contributed by atoms with van der Waals surface area (Å²) in [5.74, 6) is 0.797. The van der Waals surface area contributed by atoms with Crippen LogP contribution in [-0.4, -0.2) is 21.3 Å². The molecule has 2 rings (SSSR count). The molecule has 1 heterocycles. The van der Waals surface area contributed by atoms with Crippen molar-refractivity contribution in [1.82, 2.24) is 9.55 Å². The molecule has 0 saturated carbocycles. The molecule has 0 aliphatic heterocycles. The van der Waals surface area contributed by atoms with Crippen molar-refractivity contribution in [1.29, 1.82) is 0 Å². The van der Waals surface area contributed by atoms with Gasteiger partial charge in [-0.1, -0.05) is 23.7 Å². The number of benzene rings is 1. The van der Waals surface area contributed by atoms with E-state index in [0.29, 0.717) is 11.4 Å². The van der Waals surface area contributed by atoms with Crippen LogP contribution in [0.4, 0.5) is 0 Å². The standard InChI is InChI=1S/C12H12BrClN2O/c1-16-11(13)10(6-7-17)15-12(16)8-4-2-3-5-9(8)14/h2-5,17H,6-7H2,1H3. The van der Waals surface area contributed by atoms with E-state index in [1.165, 1.54) is 0 Å². The molecule has 17 heavy (non-hydrogen) atoms. The summed E-state index contributed by atoms with van der Waals surface area (Å²) in [5.41, 5.74) is 1.73. The molecule has 1 aromatic heterocycles. The summed E-state index contributed by atoms with van der Waals surface area (Å²) in [4.78, 5) is 4.50. The van der Waals surface area contributed by atoms with Crippen LogP contribution in [0.3, 0.4) is 0 Å². The highest BCUT2D eigenvalue weighted by atomic mass is 79.9. The molecule has 1 N–H and O–H groups in total. The van der Waals surface area contributed by atoms with Crippen LogP contribution in [0.1, 0.15) is 5.69 Å². The van der Waals surface area contributed by atoms with E-state index in [9.17, 15) is 0 Å². The number of aliphatic hydroxyl groups excluding tert-OH is 1. The summed E-state index contributed by atoms with van der Waals surface area (Å²) in [6.07, 6.45) is 0.527. The fourth-order valence-corrected chi connectivity index (χ4v) is 2.36. The summed E-state index contributed by atoms with van der Waals surface area (Å²) < 4.78 is 2.80. The van der Waals surface area contributed by atoms with Gasteiger partial charge in [-0.3, -0.25) is 0 Å². The van der Waals surface area contributed by atoms with Gasteiger partial charge in [0.2, 0.25) is 0 Å². The third-order valence-corrected chi connectivity index (χ3v) is 3.87. The van der Waals surface area contributed by atoms with Crippen LogP contribution in [0.5, 0.6) is 0 Å². The van der Waals surface area contributed by atoms with Gasteiger partial charge in [-0.25, -0.2) is 4.98 Å². The van der Waals surface area contributed by atoms with Crippen LogP contribution >= 0.6 is 27.5 Å². The molecule has 90 valence electrons. The molecular formula is C12H12BrClN2O. The molecule has 0 aliphatic carbocycles. The highest BCUT2D eigenvalue weighted by Crippen LogP contribution is 2.30. The van der Waals surface area contributed by atoms with Gasteiger partial charge in [-0.15, -0.1) is 0 Å². The lowest BCUT2D eigenvalue weighted by molar-refractivity contribution is 0.298. The topological polar surface area (TPSA) is 38.0 Å². The van der Waals surface area contributed by atoms with E-state index in [1.54, 1.807) is 0 Å². The number of rotatable bonds is 3. The predicted octanol–water partition coefficient (Wildman–Crippen LogP) is 3.04. The Morgan fingerprint density at radius 1 is 1.41 bits per heavy atom. The van der Waals surface area contributed by atoms with E-state index in [0.717, 1.165) is 21.7 Å². The maximum absolute atomic E-state index is 8.97. The molecular weight excluding hydrogens is 304 g/mol. The lowest BCUT2D eigenvalue weighted by atomic mass is 10.2. The molecule has 2 aromatic rings. The number of nitrogens with zero attached hydrogens (tertiary/aromatic N) is 2. The fourth-order valence-electron chi connectivity index (χ4n) is 1.68. The Hall–Kier alpha value is -0.840. The van der Waals surface area contributed by atoms with Gasteiger partial charge in [0, 0.05) is 25.6 Å². The fraction of sp³-hybridized carbons (Fsp3) is 0.250. The molecule has 0 atom stereocenters. The molecule has 5 heteroatoms. The zero-order valence-corrected chi connectivity index (χ0v) is 11.7. The predicted molar refractivity (Wildman–Crippen MR) is 72.1 cm³/mol. The third-order valence-electron chi connectivity index (χ3n) is 2.55. The molecule has 0 saturated heterocycles. The van der Waals surface area contributed by atoms with Gasteiger partial charge in [-0.2, -0.15) is 0 Å². The largest absolute Gasteiger partial charge is 0.396 e. The Labute approximate surface area is 113 Å². The number of aliphatic hydroxyl groups is 1. The molecule has 0 amide bonds. The van der Waals surface area contributed by atoms with Gasteiger partial charge in [0.15, 0.2) is 0 Å². The van der Waals surface area contributed by atoms with Crippen molar-refractivity contribution in [3.63, 3.8) is 0 Å². The molecule has 0 bridgehead atoms. The maximum Gasteiger partial charge on any atom is 0.142 e. The van der Waals surface area contributed by atoms with Crippen LogP contribution in [-0.2, 0) is 13.5 Å². The van der Waals surface area contributed by atoms with E-state index >= 15 is 0 Å². The Morgan fingerprint density at radius 3 is 2.76 bits per heavy atom. The monoisotopic (exact) mass is 314 g/mol. The second-order valence-electron chi connectivity index (χ2n) is 3.69. The smallest absolute Gasteiger partial charge is 0.142 e. The van der Waals surface area contributed by atoms with Crippen molar-refractivity contribution in [2.45, 2.75) is 6.42 Å². The van der Waals surface area contributed by atoms with Gasteiger partial charge in [0.1, 0.15) is 10.4 Å². The lowest BCUT2D eigenvalue weighted by Gasteiger charge is -2.04. The average molecular weight is 316 g/mol. The van der Waals surface area contributed by atoms with E-state index < -0.39 is 0 Å². The van der Waals surface area contributed by atoms with E-state index in [1.807, 2.05) is 35.9 Å². The number of hydrogen-bond acceptors (Lipinski definition) is 2. The van der Waals surface area contributed by atoms with Crippen molar-refractivity contribution in [2.75, 3.05) is 6.61 Å². The molecule has 0 radical (unpaired) electrons. The summed E-state index contributed by atoms with van der Waals surface area (Å²) in [5, 5.41) is 9.64. The lowest BCUT2D eigenvalue weighted by Crippen LogP contribution is -1.93. The van der Waals surface area contributed by atoms with Gasteiger partial charge >= 0.3 is 0 Å². The molecule has 3 nitrogen and oxygen atoms in total. The third kappa shape index (κ3) is 2.39. The number of aromatic nitrogens is 2. The van der Waals surface area contributed by atoms with Crippen LogP contribution in [0.25, 0.3) is 11.4 Å². The summed E-state index contributed by atoms with van der Waals surface area (Å²) in [7, 11) is 1.91. The van der Waals surface area contributed by atoms with E-state index in [2.05, 4.69) is 20.9 Å². The zero-order valence-electron chi connectivity index (χ0n) is 9.32. The number of halogens is 2. The Kier molecular flexibility index (Phi) is 3.86. The van der Waals surface area contributed by atoms with E-state index in [4.69, 9.17) is 16.7 Å². The minimum Gasteiger partial charge on any atom is -0.396 e. The first-order chi connectivity index (χ1) is 8.15. The zero-order chi connectivity index (χ0) is 12.4. The summed E-state index contributed by atoms with van der Waals surface area (Å²) in [6, 6.07) is 7.58. The van der Waals surface area contributed by atoms with Crippen molar-refractivity contribution < 1.29 is 5.11 Å². The minimum atomic E-state index is 0.0809. The first-order valence-electron chi connectivity index (χ1n) is 5.22. The van der Waals surface area contributed by atoms with Crippen LogP contribution in [0.15, 0.2) is 28.9 Å². The van der Waals surface area contributed by atoms with Crippen molar-refractivity contribution in [2.24, 2.45) is 7.05 Å². The van der Waals surface area contributed by atoms with Crippen LogP contribution in [0.2, 0.25) is 5.02 Å². The second kappa shape index (κ2) is 5.21. The van der Waals surface area contributed by atoms with Gasteiger partial charge in [0.25, 0.3) is 0 Å². The Morgan fingerprint density at radius 2 is 2.12 bits per heavy atom. The number of hydrogen-bond donors (Lipinski definition) is 1. The SMILES string of the molecule is Cn1c(-c2ccccc2Cl)nc(CCO)c1Br. The van der Waals surface area contributed by atoms with E-state index in [-0.39, 0.29) is 6.61 Å². The maximum atomic E-state index is 8.97. The summed E-state index contributed by atoms with van der Waals surface area (Å²) in [6.45, 7) is 0.0809. The molecule has 0 aliphatic rings. The van der Waals surface area contributed by atoms with Crippen molar-refractivity contribution >= 4 is 27.5 Å². The minimum absolute atomic E-state index is 0.0809. The summed E-state index contributed by atoms with van der Waals surface area (Å²) >= 11 is 9.62. The van der Waals surface area contributed by atoms with Gasteiger partial charge < -0.3 is 9.67 Å². The highest BCUT2D eigenvalue weighted by Gasteiger charge is 2.15. The number of imidazole rings is 1. The molecule has 0 unspecified atom stereocenters. The normalized spacial score (nSPS) is 10.8. The van der Waals surface area contributed by atoms with Crippen LogP contribution < -0.4 is 0 Å². The van der Waals surface area contributed by atoms with Crippen molar-refractivity contribution in [3.05, 3.63) is 39.6 Å². The van der Waals surface area contributed by atoms with Crippen LogP contribution in [0, 0.1) is 0 Å². The highest BCUT2D eigenvalue weighted by molar-refractivity contribution is 9.10. The second-order valence-corrected chi connectivity index (χ2v) is 4.84. The molecule has 0 fully saturated rings. The Bertz CT molecular complexity index is 539.